The number of nitro benzene ring substituents is 1. The van der Waals surface area contributed by atoms with Crippen LogP contribution in [0.5, 0.6) is 0 Å². The zero-order chi connectivity index (χ0) is 26.1. The summed E-state index contributed by atoms with van der Waals surface area (Å²) in [6, 6.07) is 12.9. The number of halogens is 1. The van der Waals surface area contributed by atoms with Crippen molar-refractivity contribution < 1.29 is 9.72 Å². The van der Waals surface area contributed by atoms with Crippen LogP contribution in [0.4, 0.5) is 5.69 Å². The third-order valence-corrected chi connectivity index (χ3v) is 8.32. The number of nitro groups is 1. The molecule has 4 aromatic rings. The molecule has 2 aromatic carbocycles. The quantitative estimate of drug-likeness (QED) is 0.111. The molecule has 0 fully saturated rings. The molecule has 0 spiro atoms. The first-order valence-electron chi connectivity index (χ1n) is 11.4. The summed E-state index contributed by atoms with van der Waals surface area (Å²) in [6.07, 6.45) is 2.84. The Labute approximate surface area is 224 Å². The van der Waals surface area contributed by atoms with Crippen LogP contribution in [0.1, 0.15) is 29.3 Å². The average Bonchev–Trinajstić information content (AvgIpc) is 3.48. The van der Waals surface area contributed by atoms with Crippen molar-refractivity contribution in [1.82, 2.24) is 15.0 Å². The SMILES string of the molecule is CC(=NNC(=O)CSc1nc2sc3c(c2c(=O)n1-c1ccc(Cl)cc1)CCC3)c1cccc([N+](=O)[O-])c1. The Bertz CT molecular complexity index is 1630. The molecule has 5 rings (SSSR count). The Hall–Kier alpha value is -3.54. The number of hydrazone groups is 1. The first-order valence-corrected chi connectivity index (χ1v) is 13.5. The molecule has 0 saturated heterocycles. The average molecular weight is 554 g/mol. The van der Waals surface area contributed by atoms with Gasteiger partial charge in [-0.2, -0.15) is 5.10 Å². The predicted molar refractivity (Wildman–Crippen MR) is 146 cm³/mol. The number of rotatable bonds is 7. The molecule has 0 radical (unpaired) electrons. The van der Waals surface area contributed by atoms with Gasteiger partial charge in [-0.1, -0.05) is 35.5 Å². The Morgan fingerprint density at radius 2 is 2.05 bits per heavy atom. The molecule has 1 aliphatic rings. The number of benzene rings is 2. The van der Waals surface area contributed by atoms with E-state index in [1.165, 1.54) is 21.6 Å². The zero-order valence-electron chi connectivity index (χ0n) is 19.6. The fourth-order valence-electron chi connectivity index (χ4n) is 4.16. The summed E-state index contributed by atoms with van der Waals surface area (Å²) in [4.78, 5) is 43.4. The number of fused-ring (bicyclic) bond motifs is 3. The molecule has 12 heteroatoms. The van der Waals surface area contributed by atoms with Gasteiger partial charge in [-0.15, -0.1) is 11.3 Å². The van der Waals surface area contributed by atoms with Crippen molar-refractivity contribution in [2.45, 2.75) is 31.3 Å². The van der Waals surface area contributed by atoms with Crippen molar-refractivity contribution in [3.05, 3.63) is 90.0 Å². The highest BCUT2D eigenvalue weighted by Gasteiger charge is 2.24. The molecule has 1 N–H and O–H groups in total. The van der Waals surface area contributed by atoms with Crippen LogP contribution in [0.15, 0.2) is 63.6 Å². The Kier molecular flexibility index (Phi) is 7.09. The number of nitrogens with zero attached hydrogens (tertiary/aromatic N) is 4. The minimum Gasteiger partial charge on any atom is -0.272 e. The van der Waals surface area contributed by atoms with E-state index in [2.05, 4.69) is 10.5 Å². The van der Waals surface area contributed by atoms with Crippen LogP contribution in [0.25, 0.3) is 15.9 Å². The third-order valence-electron chi connectivity index (χ3n) is 5.95. The Morgan fingerprint density at radius 3 is 2.81 bits per heavy atom. The minimum absolute atomic E-state index is 0.0393. The van der Waals surface area contributed by atoms with E-state index in [9.17, 15) is 19.7 Å². The lowest BCUT2D eigenvalue weighted by molar-refractivity contribution is -0.384. The second-order valence-corrected chi connectivity index (χ2v) is 10.8. The number of non-ortho nitro benzene ring substituents is 1. The van der Waals surface area contributed by atoms with Gasteiger partial charge >= 0.3 is 0 Å². The molecule has 0 unspecified atom stereocenters. The van der Waals surface area contributed by atoms with Crippen LogP contribution in [0.2, 0.25) is 5.02 Å². The molecule has 1 aliphatic carbocycles. The number of amides is 1. The minimum atomic E-state index is -0.488. The third kappa shape index (κ3) is 5.15. The lowest BCUT2D eigenvalue weighted by atomic mass is 10.1. The fraction of sp³-hybridized carbons (Fsp3) is 0.200. The predicted octanol–water partition coefficient (Wildman–Crippen LogP) is 5.13. The van der Waals surface area contributed by atoms with Crippen LogP contribution < -0.4 is 11.0 Å². The fourth-order valence-corrected chi connectivity index (χ4v) is 6.39. The Morgan fingerprint density at radius 1 is 1.27 bits per heavy atom. The van der Waals surface area contributed by atoms with Gasteiger partial charge in [0.1, 0.15) is 4.83 Å². The molecule has 0 bridgehead atoms. The van der Waals surface area contributed by atoms with Crippen molar-refractivity contribution in [2.75, 3.05) is 5.75 Å². The molecule has 9 nitrogen and oxygen atoms in total. The topological polar surface area (TPSA) is 119 Å². The maximum absolute atomic E-state index is 13.7. The highest BCUT2D eigenvalue weighted by Crippen LogP contribution is 2.36. The van der Waals surface area contributed by atoms with Gasteiger partial charge in [0.15, 0.2) is 5.16 Å². The number of hydrogen-bond acceptors (Lipinski definition) is 8. The summed E-state index contributed by atoms with van der Waals surface area (Å²) in [6.45, 7) is 1.65. The van der Waals surface area contributed by atoms with Crippen molar-refractivity contribution in [2.24, 2.45) is 5.10 Å². The molecule has 2 aromatic heterocycles. The maximum Gasteiger partial charge on any atom is 0.270 e. The molecule has 37 heavy (non-hydrogen) atoms. The van der Waals surface area contributed by atoms with Crippen LogP contribution >= 0.6 is 34.7 Å². The van der Waals surface area contributed by atoms with Crippen molar-refractivity contribution in [3.63, 3.8) is 0 Å². The van der Waals surface area contributed by atoms with Crippen LogP contribution in [0.3, 0.4) is 0 Å². The highest BCUT2D eigenvalue weighted by atomic mass is 35.5. The van der Waals surface area contributed by atoms with E-state index in [4.69, 9.17) is 16.6 Å². The summed E-state index contributed by atoms with van der Waals surface area (Å²) in [5.41, 5.74) is 4.91. The number of carbonyl (C=O) groups is 1. The number of aromatic nitrogens is 2. The lowest BCUT2D eigenvalue weighted by Gasteiger charge is -2.12. The Balaban J connectivity index is 1.40. The number of nitrogens with one attached hydrogen (secondary N) is 1. The summed E-state index contributed by atoms with van der Waals surface area (Å²) in [7, 11) is 0. The lowest BCUT2D eigenvalue weighted by Crippen LogP contribution is -2.24. The molecule has 0 saturated carbocycles. The summed E-state index contributed by atoms with van der Waals surface area (Å²) in [5, 5.41) is 16.7. The number of thiophene rings is 1. The smallest absolute Gasteiger partial charge is 0.270 e. The van der Waals surface area contributed by atoms with E-state index in [1.54, 1.807) is 54.7 Å². The second kappa shape index (κ2) is 10.4. The first kappa shape index (κ1) is 25.1. The molecule has 0 atom stereocenters. The number of carbonyl (C=O) groups excluding carboxylic acids is 1. The van der Waals surface area contributed by atoms with E-state index in [-0.39, 0.29) is 17.0 Å². The summed E-state index contributed by atoms with van der Waals surface area (Å²) in [5.74, 6) is -0.442. The normalized spacial score (nSPS) is 13.1. The standard InChI is InChI=1S/C25H20ClN5O4S2/c1-14(15-4-2-5-18(12-15)31(34)35)28-29-21(32)13-36-25-27-23-22(19-6-3-7-20(19)37-23)24(33)30(25)17-10-8-16(26)9-11-17/h2,4-5,8-12H,3,6-7,13H2,1H3,(H,29,32). The highest BCUT2D eigenvalue weighted by molar-refractivity contribution is 7.99. The van der Waals surface area contributed by atoms with E-state index in [1.807, 2.05) is 0 Å². The van der Waals surface area contributed by atoms with Gasteiger partial charge in [-0.3, -0.25) is 24.3 Å². The first-order chi connectivity index (χ1) is 17.8. The number of aryl methyl sites for hydroxylation is 2. The molecule has 0 aliphatic heterocycles. The maximum atomic E-state index is 13.7. The molecular weight excluding hydrogens is 534 g/mol. The van der Waals surface area contributed by atoms with E-state index < -0.39 is 10.8 Å². The van der Waals surface area contributed by atoms with Gasteiger partial charge in [0, 0.05) is 27.6 Å². The van der Waals surface area contributed by atoms with Crippen molar-refractivity contribution in [3.8, 4) is 5.69 Å². The van der Waals surface area contributed by atoms with Crippen LogP contribution in [-0.2, 0) is 17.6 Å². The number of hydrogen-bond donors (Lipinski definition) is 1. The van der Waals surface area contributed by atoms with Gasteiger partial charge in [0.2, 0.25) is 0 Å². The largest absolute Gasteiger partial charge is 0.272 e. The van der Waals surface area contributed by atoms with Gasteiger partial charge in [0.05, 0.1) is 27.5 Å². The van der Waals surface area contributed by atoms with E-state index in [0.29, 0.717) is 37.4 Å². The summed E-state index contributed by atoms with van der Waals surface area (Å²) < 4.78 is 1.53. The monoisotopic (exact) mass is 553 g/mol. The van der Waals surface area contributed by atoms with Crippen LogP contribution in [-0.4, -0.2) is 31.8 Å². The second-order valence-electron chi connectivity index (χ2n) is 8.38. The summed E-state index contributed by atoms with van der Waals surface area (Å²) >= 11 is 8.73. The van der Waals surface area contributed by atoms with Crippen molar-refractivity contribution >= 4 is 62.2 Å². The molecular formula is C25H20ClN5O4S2. The van der Waals surface area contributed by atoms with Crippen LogP contribution in [0, 0.1) is 10.1 Å². The van der Waals surface area contributed by atoms with Gasteiger partial charge < -0.3 is 0 Å². The van der Waals surface area contributed by atoms with Gasteiger partial charge in [0.25, 0.3) is 17.2 Å². The molecule has 2 heterocycles. The van der Waals surface area contributed by atoms with Crippen molar-refractivity contribution in [1.29, 1.82) is 0 Å². The van der Waals surface area contributed by atoms with Gasteiger partial charge in [-0.25, -0.2) is 10.4 Å². The van der Waals surface area contributed by atoms with E-state index >= 15 is 0 Å². The number of thioether (sulfide) groups is 1. The molecule has 188 valence electrons. The van der Waals surface area contributed by atoms with Gasteiger partial charge in [-0.05, 0) is 56.0 Å². The molecule has 1 amide bonds. The van der Waals surface area contributed by atoms with E-state index in [0.717, 1.165) is 36.6 Å². The zero-order valence-corrected chi connectivity index (χ0v) is 22.0.